The van der Waals surface area contributed by atoms with E-state index in [2.05, 4.69) is 5.32 Å². The molecule has 1 atom stereocenters. The maximum Gasteiger partial charge on any atom is 0.256 e. The Morgan fingerprint density at radius 1 is 1.26 bits per heavy atom. The number of pyridine rings is 1. The van der Waals surface area contributed by atoms with Crippen molar-refractivity contribution in [1.29, 1.82) is 0 Å². The first-order valence-electron chi connectivity index (χ1n) is 8.70. The number of nitrogens with one attached hydrogen (secondary N) is 1. The summed E-state index contributed by atoms with van der Waals surface area (Å²) < 4.78 is 20.5. The van der Waals surface area contributed by atoms with E-state index in [1.165, 1.54) is 24.4 Å². The van der Waals surface area contributed by atoms with Crippen LogP contribution in [0.4, 0.5) is 4.39 Å². The van der Waals surface area contributed by atoms with Gasteiger partial charge in [0.15, 0.2) is 5.43 Å². The number of hydrogen-bond donors (Lipinski definition) is 1. The van der Waals surface area contributed by atoms with Crippen LogP contribution in [0.1, 0.15) is 39.7 Å². The van der Waals surface area contributed by atoms with Gasteiger partial charge in [-0.15, -0.1) is 0 Å². The normalized spacial score (nSPS) is 12.0. The highest BCUT2D eigenvalue weighted by atomic mass is 19.1. The number of rotatable bonds is 6. The predicted octanol–water partition coefficient (Wildman–Crippen LogP) is 3.38. The second-order valence-corrected chi connectivity index (χ2v) is 6.47. The molecule has 0 saturated carbocycles. The fraction of sp³-hybridized carbons (Fsp3) is 0.238. The summed E-state index contributed by atoms with van der Waals surface area (Å²) in [6.45, 7) is 2.15. The second kappa shape index (κ2) is 8.03. The Balaban J connectivity index is 1.71. The summed E-state index contributed by atoms with van der Waals surface area (Å²) in [7, 11) is 1.78. The van der Waals surface area contributed by atoms with Crippen molar-refractivity contribution in [3.8, 4) is 0 Å². The number of nitrogens with zero attached hydrogens (tertiary/aromatic N) is 1. The van der Waals surface area contributed by atoms with Gasteiger partial charge in [0.05, 0.1) is 6.26 Å². The van der Waals surface area contributed by atoms with Gasteiger partial charge in [-0.25, -0.2) is 4.39 Å². The van der Waals surface area contributed by atoms with E-state index in [1.807, 2.05) is 6.07 Å². The molecule has 2 aromatic heterocycles. The van der Waals surface area contributed by atoms with Gasteiger partial charge in [0.1, 0.15) is 17.1 Å². The molecule has 0 spiro atoms. The summed E-state index contributed by atoms with van der Waals surface area (Å²) in [6, 6.07) is 11.3. The van der Waals surface area contributed by atoms with Gasteiger partial charge < -0.3 is 14.3 Å². The van der Waals surface area contributed by atoms with E-state index in [-0.39, 0.29) is 22.7 Å². The Labute approximate surface area is 156 Å². The van der Waals surface area contributed by atoms with Crippen molar-refractivity contribution in [2.24, 2.45) is 7.05 Å². The predicted molar refractivity (Wildman–Crippen MR) is 100 cm³/mol. The number of carbonyl (C=O) groups is 1. The van der Waals surface area contributed by atoms with Crippen molar-refractivity contribution < 1.29 is 13.6 Å². The minimum atomic E-state index is -0.409. The van der Waals surface area contributed by atoms with E-state index >= 15 is 0 Å². The number of benzene rings is 1. The first kappa shape index (κ1) is 18.6. The van der Waals surface area contributed by atoms with Gasteiger partial charge in [0, 0.05) is 37.5 Å². The van der Waals surface area contributed by atoms with E-state index in [0.29, 0.717) is 13.0 Å². The Bertz CT molecular complexity index is 976. The summed E-state index contributed by atoms with van der Waals surface area (Å²) in [5, 5.41) is 2.79. The minimum Gasteiger partial charge on any atom is -0.469 e. The van der Waals surface area contributed by atoms with Crippen LogP contribution in [0.2, 0.25) is 0 Å². The lowest BCUT2D eigenvalue weighted by molar-refractivity contribution is 0.0950. The van der Waals surface area contributed by atoms with Gasteiger partial charge in [0.2, 0.25) is 0 Å². The Morgan fingerprint density at radius 3 is 2.67 bits per heavy atom. The van der Waals surface area contributed by atoms with Gasteiger partial charge in [-0.2, -0.15) is 0 Å². The van der Waals surface area contributed by atoms with Crippen molar-refractivity contribution in [1.82, 2.24) is 9.88 Å². The van der Waals surface area contributed by atoms with Crippen LogP contribution in [-0.4, -0.2) is 17.0 Å². The summed E-state index contributed by atoms with van der Waals surface area (Å²) in [5.74, 6) is -0.0998. The van der Waals surface area contributed by atoms with Crippen LogP contribution in [0.25, 0.3) is 0 Å². The fourth-order valence-electron chi connectivity index (χ4n) is 2.98. The molecule has 0 aliphatic rings. The van der Waals surface area contributed by atoms with Crippen molar-refractivity contribution in [3.63, 3.8) is 0 Å². The zero-order valence-electron chi connectivity index (χ0n) is 15.2. The molecule has 1 N–H and O–H groups in total. The Morgan fingerprint density at radius 2 is 2.00 bits per heavy atom. The van der Waals surface area contributed by atoms with Gasteiger partial charge in [-0.05, 0) is 43.2 Å². The van der Waals surface area contributed by atoms with Gasteiger partial charge in [-0.3, -0.25) is 9.59 Å². The summed E-state index contributed by atoms with van der Waals surface area (Å²) >= 11 is 0. The first-order valence-corrected chi connectivity index (χ1v) is 8.70. The molecule has 0 bridgehead atoms. The molecule has 2 heterocycles. The molecule has 0 saturated heterocycles. The topological polar surface area (TPSA) is 64.2 Å². The largest absolute Gasteiger partial charge is 0.469 e. The number of halogens is 1. The van der Waals surface area contributed by atoms with Crippen molar-refractivity contribution in [3.05, 3.63) is 93.5 Å². The van der Waals surface area contributed by atoms with Crippen molar-refractivity contribution >= 4 is 5.91 Å². The highest BCUT2D eigenvalue weighted by molar-refractivity contribution is 5.93. The molecule has 140 valence electrons. The lowest BCUT2D eigenvalue weighted by Crippen LogP contribution is -2.31. The molecular weight excluding hydrogens is 347 g/mol. The molecular formula is C21H21FN2O3. The molecule has 0 aliphatic carbocycles. The highest BCUT2D eigenvalue weighted by Crippen LogP contribution is 2.28. The first-order chi connectivity index (χ1) is 13.0. The molecule has 0 aliphatic heterocycles. The Kier molecular flexibility index (Phi) is 5.54. The van der Waals surface area contributed by atoms with Crippen LogP contribution in [0, 0.1) is 12.7 Å². The molecule has 0 radical (unpaired) electrons. The van der Waals surface area contributed by atoms with Gasteiger partial charge >= 0.3 is 0 Å². The van der Waals surface area contributed by atoms with E-state index in [0.717, 1.165) is 17.0 Å². The summed E-state index contributed by atoms with van der Waals surface area (Å²) in [4.78, 5) is 24.4. The number of aryl methyl sites for hydroxylation is 2. The summed E-state index contributed by atoms with van der Waals surface area (Å²) in [5.41, 5.74) is 1.49. The lowest BCUT2D eigenvalue weighted by Gasteiger charge is -2.16. The van der Waals surface area contributed by atoms with E-state index < -0.39 is 5.91 Å². The van der Waals surface area contributed by atoms with Crippen LogP contribution in [0.5, 0.6) is 0 Å². The maximum absolute atomic E-state index is 13.2. The lowest BCUT2D eigenvalue weighted by atomic mass is 9.93. The molecule has 6 heteroatoms. The zero-order valence-corrected chi connectivity index (χ0v) is 15.2. The van der Waals surface area contributed by atoms with Gasteiger partial charge in [-0.1, -0.05) is 12.1 Å². The standard InChI is InChI=1S/C21H21FN2O3/c1-14-12-19(25)18(13-24(14)2)21(26)23-10-9-17(20-4-3-11-27-20)15-5-7-16(22)8-6-15/h3-8,11-13,17H,9-10H2,1-2H3,(H,23,26)/t17-/m0/s1. The third kappa shape index (κ3) is 4.34. The van der Waals surface area contributed by atoms with E-state index in [9.17, 15) is 14.0 Å². The van der Waals surface area contributed by atoms with Gasteiger partial charge in [0.25, 0.3) is 5.91 Å². The highest BCUT2D eigenvalue weighted by Gasteiger charge is 2.18. The smallest absolute Gasteiger partial charge is 0.256 e. The Hall–Kier alpha value is -3.15. The molecule has 3 rings (SSSR count). The molecule has 1 amide bonds. The summed E-state index contributed by atoms with van der Waals surface area (Å²) in [6.07, 6.45) is 3.68. The van der Waals surface area contributed by atoms with Crippen LogP contribution in [0.3, 0.4) is 0 Å². The maximum atomic E-state index is 13.2. The number of amides is 1. The molecule has 0 fully saturated rings. The van der Waals surface area contributed by atoms with Crippen LogP contribution in [-0.2, 0) is 7.05 Å². The number of aromatic nitrogens is 1. The number of carbonyl (C=O) groups excluding carboxylic acids is 1. The monoisotopic (exact) mass is 368 g/mol. The second-order valence-electron chi connectivity index (χ2n) is 6.47. The van der Waals surface area contributed by atoms with E-state index in [4.69, 9.17) is 4.42 Å². The van der Waals surface area contributed by atoms with E-state index in [1.54, 1.807) is 43.0 Å². The quantitative estimate of drug-likeness (QED) is 0.725. The number of hydrogen-bond acceptors (Lipinski definition) is 3. The van der Waals surface area contributed by atoms with Crippen LogP contribution < -0.4 is 10.7 Å². The average molecular weight is 368 g/mol. The SMILES string of the molecule is Cc1cc(=O)c(C(=O)NCC[C@@H](c2ccc(F)cc2)c2ccco2)cn1C. The van der Waals surface area contributed by atoms with Crippen LogP contribution in [0.15, 0.2) is 64.1 Å². The zero-order chi connectivity index (χ0) is 19.4. The third-order valence-corrected chi connectivity index (χ3v) is 4.61. The fourth-order valence-corrected chi connectivity index (χ4v) is 2.98. The number of furan rings is 1. The van der Waals surface area contributed by atoms with Crippen molar-refractivity contribution in [2.75, 3.05) is 6.54 Å². The molecule has 27 heavy (non-hydrogen) atoms. The molecule has 1 aromatic carbocycles. The average Bonchev–Trinajstić information content (AvgIpc) is 3.17. The van der Waals surface area contributed by atoms with Crippen LogP contribution >= 0.6 is 0 Å². The van der Waals surface area contributed by atoms with Crippen molar-refractivity contribution in [2.45, 2.75) is 19.3 Å². The molecule has 5 nitrogen and oxygen atoms in total. The molecule has 0 unspecified atom stereocenters. The third-order valence-electron chi connectivity index (χ3n) is 4.61. The minimum absolute atomic E-state index is 0.111. The molecule has 3 aromatic rings.